The van der Waals surface area contributed by atoms with Crippen LogP contribution >= 0.6 is 0 Å². The maximum Gasteiger partial charge on any atom is 0.184 e. The van der Waals surface area contributed by atoms with Crippen LogP contribution in [-0.4, -0.2) is 24.7 Å². The highest BCUT2D eigenvalue weighted by molar-refractivity contribution is 5.90. The van der Waals surface area contributed by atoms with E-state index in [0.29, 0.717) is 33.5 Å². The summed E-state index contributed by atoms with van der Waals surface area (Å²) >= 11 is 0. The minimum atomic E-state index is -0.343. The quantitative estimate of drug-likeness (QED) is 0.352. The smallest absolute Gasteiger partial charge is 0.184 e. The van der Waals surface area contributed by atoms with Crippen LogP contribution in [0.5, 0.6) is 0 Å². The molecule has 0 aliphatic heterocycles. The van der Waals surface area contributed by atoms with E-state index in [9.17, 15) is 8.78 Å². The van der Waals surface area contributed by atoms with E-state index in [4.69, 9.17) is 11.5 Å². The third-order valence-corrected chi connectivity index (χ3v) is 5.38. The molecular formula is C24H20F2N8. The van der Waals surface area contributed by atoms with Crippen molar-refractivity contribution in [2.45, 2.75) is 13.1 Å². The lowest BCUT2D eigenvalue weighted by Gasteiger charge is -2.12. The van der Waals surface area contributed by atoms with Gasteiger partial charge in [0.05, 0.1) is 11.9 Å². The number of anilines is 3. The lowest BCUT2D eigenvalue weighted by Crippen LogP contribution is -2.11. The average Bonchev–Trinajstić information content (AvgIpc) is 3.19. The number of aromatic nitrogens is 5. The number of benzene rings is 2. The second kappa shape index (κ2) is 8.74. The molecule has 0 aliphatic rings. The molecule has 5 N–H and O–H groups in total. The number of nitrogen functional groups attached to an aromatic ring is 2. The van der Waals surface area contributed by atoms with Crippen LogP contribution in [0.3, 0.4) is 0 Å². The van der Waals surface area contributed by atoms with E-state index in [-0.39, 0.29) is 42.2 Å². The molecule has 0 bridgehead atoms. The fraction of sp³-hybridized carbons (Fsp3) is 0.0833. The van der Waals surface area contributed by atoms with Crippen LogP contribution in [0.4, 0.5) is 26.1 Å². The van der Waals surface area contributed by atoms with Crippen LogP contribution in [0.15, 0.2) is 66.9 Å². The molecule has 0 fully saturated rings. The minimum Gasteiger partial charge on any atom is -0.382 e. The van der Waals surface area contributed by atoms with E-state index in [1.807, 2.05) is 6.07 Å². The Hall–Kier alpha value is -4.60. The molecule has 0 aliphatic carbocycles. The Kier molecular flexibility index (Phi) is 5.46. The van der Waals surface area contributed by atoms with E-state index in [2.05, 4.69) is 25.4 Å². The maximum atomic E-state index is 14.2. The number of nitrogens with zero attached hydrogens (tertiary/aromatic N) is 5. The fourth-order valence-corrected chi connectivity index (χ4v) is 3.68. The molecule has 10 heteroatoms. The SMILES string of the molecule is Nc1nc(-c2nn(Cc3ccccc3F)c3ncccc23)nc(N)c1NCc1ccccc1F. The van der Waals surface area contributed by atoms with Crippen LogP contribution in [0.2, 0.25) is 0 Å². The molecule has 170 valence electrons. The van der Waals surface area contributed by atoms with Gasteiger partial charge in [0, 0.05) is 23.9 Å². The summed E-state index contributed by atoms with van der Waals surface area (Å²) in [6.07, 6.45) is 1.63. The highest BCUT2D eigenvalue weighted by Crippen LogP contribution is 2.30. The van der Waals surface area contributed by atoms with Gasteiger partial charge in [-0.2, -0.15) is 5.10 Å². The van der Waals surface area contributed by atoms with Gasteiger partial charge in [-0.05, 0) is 24.3 Å². The first-order valence-electron chi connectivity index (χ1n) is 10.5. The van der Waals surface area contributed by atoms with Crippen molar-refractivity contribution < 1.29 is 8.78 Å². The Balaban J connectivity index is 1.50. The summed E-state index contributed by atoms with van der Waals surface area (Å²) in [5, 5.41) is 8.27. The first-order chi connectivity index (χ1) is 16.5. The molecule has 3 aromatic heterocycles. The first-order valence-corrected chi connectivity index (χ1v) is 10.5. The number of nitrogens with one attached hydrogen (secondary N) is 1. The summed E-state index contributed by atoms with van der Waals surface area (Å²) in [5.41, 5.74) is 14.5. The zero-order chi connectivity index (χ0) is 23.7. The van der Waals surface area contributed by atoms with E-state index in [1.54, 1.807) is 53.3 Å². The number of nitrogens with two attached hydrogens (primary N) is 2. The van der Waals surface area contributed by atoms with E-state index in [1.165, 1.54) is 12.1 Å². The van der Waals surface area contributed by atoms with Crippen LogP contribution in [0.25, 0.3) is 22.6 Å². The summed E-state index contributed by atoms with van der Waals surface area (Å²) in [4.78, 5) is 13.2. The molecule has 5 aromatic rings. The average molecular weight is 458 g/mol. The van der Waals surface area contributed by atoms with Gasteiger partial charge in [-0.1, -0.05) is 36.4 Å². The van der Waals surface area contributed by atoms with Gasteiger partial charge < -0.3 is 16.8 Å². The summed E-state index contributed by atoms with van der Waals surface area (Å²) < 4.78 is 29.7. The molecule has 0 spiro atoms. The minimum absolute atomic E-state index is 0.0968. The van der Waals surface area contributed by atoms with E-state index in [0.717, 1.165) is 0 Å². The predicted octanol–water partition coefficient (Wildman–Crippen LogP) is 3.99. The summed E-state index contributed by atoms with van der Waals surface area (Å²) in [7, 11) is 0. The van der Waals surface area contributed by atoms with Crippen LogP contribution in [-0.2, 0) is 13.1 Å². The molecule has 34 heavy (non-hydrogen) atoms. The number of hydrogen-bond donors (Lipinski definition) is 3. The zero-order valence-corrected chi connectivity index (χ0v) is 17.9. The summed E-state index contributed by atoms with van der Waals surface area (Å²) in [5.74, 6) is -0.279. The van der Waals surface area contributed by atoms with Crippen molar-refractivity contribution in [3.63, 3.8) is 0 Å². The highest BCUT2D eigenvalue weighted by Gasteiger charge is 2.19. The second-order valence-electron chi connectivity index (χ2n) is 7.61. The van der Waals surface area contributed by atoms with Crippen molar-refractivity contribution in [3.8, 4) is 11.5 Å². The van der Waals surface area contributed by atoms with Crippen LogP contribution < -0.4 is 16.8 Å². The van der Waals surface area contributed by atoms with Gasteiger partial charge in [-0.3, -0.25) is 0 Å². The van der Waals surface area contributed by atoms with E-state index < -0.39 is 0 Å². The van der Waals surface area contributed by atoms with Gasteiger partial charge in [-0.25, -0.2) is 28.4 Å². The first kappa shape index (κ1) is 21.3. The Labute approximate surface area is 193 Å². The summed E-state index contributed by atoms with van der Waals surface area (Å²) in [6, 6.07) is 16.4. The molecule has 0 radical (unpaired) electrons. The van der Waals surface area contributed by atoms with Gasteiger partial charge in [0.25, 0.3) is 0 Å². The van der Waals surface area contributed by atoms with Gasteiger partial charge in [0.1, 0.15) is 23.0 Å². The fourth-order valence-electron chi connectivity index (χ4n) is 3.68. The molecule has 0 saturated carbocycles. The predicted molar refractivity (Wildman–Crippen MR) is 127 cm³/mol. The normalized spacial score (nSPS) is 11.1. The van der Waals surface area contributed by atoms with Crippen molar-refractivity contribution in [2.24, 2.45) is 0 Å². The zero-order valence-electron chi connectivity index (χ0n) is 17.9. The Morgan fingerprint density at radius 1 is 0.824 bits per heavy atom. The molecule has 0 atom stereocenters. The monoisotopic (exact) mass is 458 g/mol. The van der Waals surface area contributed by atoms with Gasteiger partial charge in [-0.15, -0.1) is 0 Å². The molecular weight excluding hydrogens is 438 g/mol. The Morgan fingerprint density at radius 2 is 1.47 bits per heavy atom. The molecule has 0 saturated heterocycles. The Bertz CT molecular complexity index is 1470. The van der Waals surface area contributed by atoms with Crippen molar-refractivity contribution in [2.75, 3.05) is 16.8 Å². The second-order valence-corrected chi connectivity index (χ2v) is 7.61. The largest absolute Gasteiger partial charge is 0.382 e. The highest BCUT2D eigenvalue weighted by atomic mass is 19.1. The number of pyridine rings is 1. The number of fused-ring (bicyclic) bond motifs is 1. The van der Waals surface area contributed by atoms with E-state index >= 15 is 0 Å². The van der Waals surface area contributed by atoms with Crippen molar-refractivity contribution in [1.82, 2.24) is 24.7 Å². The van der Waals surface area contributed by atoms with Crippen molar-refractivity contribution in [3.05, 3.63) is 89.6 Å². The van der Waals surface area contributed by atoms with Crippen molar-refractivity contribution in [1.29, 1.82) is 0 Å². The maximum absolute atomic E-state index is 14.2. The van der Waals surface area contributed by atoms with Gasteiger partial charge in [0.15, 0.2) is 23.1 Å². The number of halogens is 2. The van der Waals surface area contributed by atoms with Gasteiger partial charge >= 0.3 is 0 Å². The Morgan fingerprint density at radius 3 is 2.15 bits per heavy atom. The third-order valence-electron chi connectivity index (χ3n) is 5.38. The molecule has 0 amide bonds. The van der Waals surface area contributed by atoms with Crippen LogP contribution in [0.1, 0.15) is 11.1 Å². The van der Waals surface area contributed by atoms with Crippen molar-refractivity contribution >= 4 is 28.4 Å². The topological polar surface area (TPSA) is 121 Å². The standard InChI is InChI=1S/C24H20F2N8/c25-17-9-3-1-6-14(17)12-30-20-21(27)31-23(32-22(20)28)19-16-8-5-11-29-24(16)34(33-19)13-15-7-2-4-10-18(15)26/h1-11,30H,12-13H2,(H4,27,28,31,32). The third kappa shape index (κ3) is 3.96. The summed E-state index contributed by atoms with van der Waals surface area (Å²) in [6.45, 7) is 0.335. The molecule has 2 aromatic carbocycles. The number of hydrogen-bond acceptors (Lipinski definition) is 7. The molecule has 8 nitrogen and oxygen atoms in total. The lowest BCUT2D eigenvalue weighted by molar-refractivity contribution is 0.589. The molecule has 5 rings (SSSR count). The number of rotatable bonds is 6. The van der Waals surface area contributed by atoms with Gasteiger partial charge in [0.2, 0.25) is 0 Å². The molecule has 3 heterocycles. The lowest BCUT2D eigenvalue weighted by atomic mass is 10.2. The van der Waals surface area contributed by atoms with Crippen LogP contribution in [0, 0.1) is 11.6 Å². The molecule has 0 unspecified atom stereocenters.